The Hall–Kier alpha value is -3.71. The zero-order valence-corrected chi connectivity index (χ0v) is 18.8. The summed E-state index contributed by atoms with van der Waals surface area (Å²) in [5, 5.41) is 11.5. The van der Waals surface area contributed by atoms with E-state index in [1.54, 1.807) is 48.5 Å². The van der Waals surface area contributed by atoms with Crippen molar-refractivity contribution in [1.82, 2.24) is 0 Å². The van der Waals surface area contributed by atoms with E-state index in [0.29, 0.717) is 34.6 Å². The lowest BCUT2D eigenvalue weighted by Crippen LogP contribution is -2.29. The van der Waals surface area contributed by atoms with E-state index in [1.165, 1.54) is 24.3 Å². The quantitative estimate of drug-likeness (QED) is 0.286. The van der Waals surface area contributed by atoms with Crippen LogP contribution in [-0.4, -0.2) is 30.5 Å². The van der Waals surface area contributed by atoms with Gasteiger partial charge in [0.05, 0.1) is 30.6 Å². The van der Waals surface area contributed by atoms with Crippen molar-refractivity contribution in [2.24, 2.45) is 0 Å². The molecule has 0 saturated carbocycles. The monoisotopic (exact) mass is 467 g/mol. The van der Waals surface area contributed by atoms with E-state index in [0.717, 1.165) is 6.42 Å². The first-order chi connectivity index (χ1) is 16.0. The fraction of sp³-hybridized carbons (Fsp3) is 0.200. The van der Waals surface area contributed by atoms with Crippen LogP contribution in [0.25, 0.3) is 5.76 Å². The van der Waals surface area contributed by atoms with Crippen molar-refractivity contribution in [2.75, 3.05) is 18.6 Å². The van der Waals surface area contributed by atoms with E-state index in [-0.39, 0.29) is 16.9 Å². The zero-order chi connectivity index (χ0) is 23.5. The lowest BCUT2D eigenvalue weighted by atomic mass is 9.99. The Kier molecular flexibility index (Phi) is 6.42. The molecule has 3 aromatic rings. The van der Waals surface area contributed by atoms with Crippen LogP contribution in [0, 0.1) is 0 Å². The minimum Gasteiger partial charge on any atom is -0.507 e. The number of halogens is 1. The van der Waals surface area contributed by atoms with Crippen LogP contribution in [0.1, 0.15) is 30.7 Å². The van der Waals surface area contributed by atoms with Crippen LogP contribution in [0.4, 0.5) is 5.69 Å². The molecule has 170 valence electrons. The molecule has 1 aromatic heterocycles. The molecule has 4 rings (SSSR count). The molecule has 0 bridgehead atoms. The van der Waals surface area contributed by atoms with Gasteiger partial charge in [0, 0.05) is 17.3 Å². The van der Waals surface area contributed by atoms with Gasteiger partial charge in [-0.05, 0) is 48.9 Å². The van der Waals surface area contributed by atoms with E-state index in [4.69, 9.17) is 25.5 Å². The SMILES string of the molecule is CCCOc1cccc(N2C(=O)C(=O)/C(=C(\O)c3ccc(Cl)c(OC)c3)C2c2ccco2)c1. The summed E-state index contributed by atoms with van der Waals surface area (Å²) in [5.74, 6) is -0.751. The smallest absolute Gasteiger partial charge is 0.300 e. The molecule has 0 radical (unpaired) electrons. The molecule has 7 nitrogen and oxygen atoms in total. The number of anilines is 1. The maximum Gasteiger partial charge on any atom is 0.300 e. The summed E-state index contributed by atoms with van der Waals surface area (Å²) in [4.78, 5) is 27.6. The van der Waals surface area contributed by atoms with E-state index < -0.39 is 17.7 Å². The van der Waals surface area contributed by atoms with Crippen LogP contribution in [0.3, 0.4) is 0 Å². The van der Waals surface area contributed by atoms with Crippen molar-refractivity contribution >= 4 is 34.7 Å². The summed E-state index contributed by atoms with van der Waals surface area (Å²) < 4.78 is 16.5. The molecular weight excluding hydrogens is 446 g/mol. The molecule has 0 spiro atoms. The number of carbonyl (C=O) groups is 2. The van der Waals surface area contributed by atoms with Gasteiger partial charge < -0.3 is 19.0 Å². The van der Waals surface area contributed by atoms with Crippen molar-refractivity contribution in [3.05, 3.63) is 82.8 Å². The number of hydrogen-bond acceptors (Lipinski definition) is 6. The fourth-order valence-corrected chi connectivity index (χ4v) is 3.92. The van der Waals surface area contributed by atoms with Gasteiger partial charge in [-0.3, -0.25) is 14.5 Å². The van der Waals surface area contributed by atoms with Crippen LogP contribution in [0.15, 0.2) is 70.9 Å². The van der Waals surface area contributed by atoms with Gasteiger partial charge >= 0.3 is 0 Å². The molecule has 1 atom stereocenters. The van der Waals surface area contributed by atoms with Crippen LogP contribution < -0.4 is 14.4 Å². The maximum atomic E-state index is 13.2. The number of amides is 1. The number of nitrogens with zero attached hydrogens (tertiary/aromatic N) is 1. The molecule has 1 amide bonds. The molecule has 0 aliphatic carbocycles. The fourth-order valence-electron chi connectivity index (χ4n) is 3.72. The van der Waals surface area contributed by atoms with Crippen molar-refractivity contribution in [2.45, 2.75) is 19.4 Å². The normalized spacial score (nSPS) is 17.4. The van der Waals surface area contributed by atoms with Gasteiger partial charge in [-0.1, -0.05) is 24.6 Å². The molecule has 2 aromatic carbocycles. The summed E-state index contributed by atoms with van der Waals surface area (Å²) in [6, 6.07) is 13.8. The summed E-state index contributed by atoms with van der Waals surface area (Å²) in [6.07, 6.45) is 2.27. The standard InChI is InChI=1S/C25H22ClNO6/c1-3-11-32-17-7-4-6-16(14-17)27-22(19-8-5-12-33-19)21(24(29)25(27)30)23(28)15-9-10-18(26)20(13-15)31-2/h4-10,12-14,22,28H,3,11H2,1-2H3/b23-21-. The highest BCUT2D eigenvalue weighted by Gasteiger charge is 2.48. The van der Waals surface area contributed by atoms with Crippen molar-refractivity contribution in [3.8, 4) is 11.5 Å². The van der Waals surface area contributed by atoms with Gasteiger partial charge in [0.2, 0.25) is 0 Å². The van der Waals surface area contributed by atoms with Crippen molar-refractivity contribution in [1.29, 1.82) is 0 Å². The van der Waals surface area contributed by atoms with Gasteiger partial charge in [0.1, 0.15) is 29.1 Å². The van der Waals surface area contributed by atoms with Crippen LogP contribution >= 0.6 is 11.6 Å². The average molecular weight is 468 g/mol. The van der Waals surface area contributed by atoms with Gasteiger partial charge in [0.15, 0.2) is 0 Å². The van der Waals surface area contributed by atoms with Crippen LogP contribution in [0.2, 0.25) is 5.02 Å². The predicted molar refractivity (Wildman–Crippen MR) is 124 cm³/mol. The Morgan fingerprint density at radius 1 is 1.15 bits per heavy atom. The molecule has 8 heteroatoms. The topological polar surface area (TPSA) is 89.2 Å². The summed E-state index contributed by atoms with van der Waals surface area (Å²) >= 11 is 6.10. The number of furan rings is 1. The second-order valence-electron chi connectivity index (χ2n) is 7.38. The van der Waals surface area contributed by atoms with Crippen molar-refractivity contribution in [3.63, 3.8) is 0 Å². The summed E-state index contributed by atoms with van der Waals surface area (Å²) in [5.41, 5.74) is 0.630. The lowest BCUT2D eigenvalue weighted by Gasteiger charge is -2.24. The van der Waals surface area contributed by atoms with E-state index >= 15 is 0 Å². The lowest BCUT2D eigenvalue weighted by molar-refractivity contribution is -0.132. The number of ether oxygens (including phenoxy) is 2. The van der Waals surface area contributed by atoms with Crippen molar-refractivity contribution < 1.29 is 28.6 Å². The first-order valence-electron chi connectivity index (χ1n) is 10.4. The Labute approximate surface area is 195 Å². The molecule has 1 saturated heterocycles. The third kappa shape index (κ3) is 4.19. The molecule has 1 fully saturated rings. The minimum absolute atomic E-state index is 0.0980. The highest BCUT2D eigenvalue weighted by atomic mass is 35.5. The number of aliphatic hydroxyl groups excluding tert-OH is 1. The second kappa shape index (κ2) is 9.42. The Balaban J connectivity index is 1.86. The number of carbonyl (C=O) groups excluding carboxylic acids is 2. The average Bonchev–Trinajstić information content (AvgIpc) is 3.44. The van der Waals surface area contributed by atoms with Crippen LogP contribution in [-0.2, 0) is 9.59 Å². The molecule has 1 N–H and O–H groups in total. The van der Waals surface area contributed by atoms with Gasteiger partial charge in [-0.2, -0.15) is 0 Å². The Morgan fingerprint density at radius 3 is 2.67 bits per heavy atom. The second-order valence-corrected chi connectivity index (χ2v) is 7.79. The summed E-state index contributed by atoms with van der Waals surface area (Å²) in [6.45, 7) is 2.51. The Morgan fingerprint density at radius 2 is 1.97 bits per heavy atom. The largest absolute Gasteiger partial charge is 0.507 e. The number of ketones is 1. The van der Waals surface area contributed by atoms with Gasteiger partial charge in [-0.15, -0.1) is 0 Å². The number of hydrogen-bond donors (Lipinski definition) is 1. The van der Waals surface area contributed by atoms with E-state index in [2.05, 4.69) is 0 Å². The number of aliphatic hydroxyl groups is 1. The number of rotatable bonds is 7. The zero-order valence-electron chi connectivity index (χ0n) is 18.1. The van der Waals surface area contributed by atoms with Gasteiger partial charge in [-0.25, -0.2) is 0 Å². The molecule has 1 aliphatic heterocycles. The number of Topliss-reactive ketones (excluding diaryl/α,β-unsaturated/α-hetero) is 1. The third-order valence-electron chi connectivity index (χ3n) is 5.25. The number of methoxy groups -OCH3 is 1. The van der Waals surface area contributed by atoms with Crippen LogP contribution in [0.5, 0.6) is 11.5 Å². The highest BCUT2D eigenvalue weighted by molar-refractivity contribution is 6.51. The van der Waals surface area contributed by atoms with E-state index in [9.17, 15) is 14.7 Å². The molecule has 1 unspecified atom stereocenters. The molecule has 33 heavy (non-hydrogen) atoms. The predicted octanol–water partition coefficient (Wildman–Crippen LogP) is 5.36. The first kappa shape index (κ1) is 22.5. The number of benzene rings is 2. The Bertz CT molecular complexity index is 1220. The molecule has 1 aliphatic rings. The molecular formula is C25H22ClNO6. The highest BCUT2D eigenvalue weighted by Crippen LogP contribution is 2.43. The molecule has 2 heterocycles. The summed E-state index contributed by atoms with van der Waals surface area (Å²) in [7, 11) is 1.44. The minimum atomic E-state index is -0.969. The third-order valence-corrected chi connectivity index (χ3v) is 5.56. The van der Waals surface area contributed by atoms with E-state index in [1.807, 2.05) is 6.92 Å². The maximum absolute atomic E-state index is 13.2. The van der Waals surface area contributed by atoms with Gasteiger partial charge in [0.25, 0.3) is 11.7 Å². The first-order valence-corrected chi connectivity index (χ1v) is 10.7.